The highest BCUT2D eigenvalue weighted by Crippen LogP contribution is 2.39. The first-order valence-electron chi connectivity index (χ1n) is 16.4. The third-order valence-corrected chi connectivity index (χ3v) is 10.7. The molecule has 2 aliphatic carbocycles. The van der Waals surface area contributed by atoms with Gasteiger partial charge in [0.05, 0.1) is 22.5 Å². The van der Waals surface area contributed by atoms with Gasteiger partial charge in [-0.15, -0.1) is 0 Å². The van der Waals surface area contributed by atoms with Crippen molar-refractivity contribution in [3.05, 3.63) is 71.9 Å². The average molecular weight is 600 g/mol. The molecule has 0 spiro atoms. The quantitative estimate of drug-likeness (QED) is 0.281. The van der Waals surface area contributed by atoms with E-state index in [1.165, 1.54) is 12.8 Å². The van der Waals surface area contributed by atoms with Crippen LogP contribution in [0.1, 0.15) is 54.4 Å². The number of benzene rings is 1. The van der Waals surface area contributed by atoms with E-state index in [0.29, 0.717) is 23.8 Å². The van der Waals surface area contributed by atoms with Gasteiger partial charge >= 0.3 is 0 Å². The number of piperidine rings is 1. The van der Waals surface area contributed by atoms with Crippen LogP contribution in [0.25, 0.3) is 39.2 Å². The molecule has 3 atom stereocenters. The van der Waals surface area contributed by atoms with E-state index in [0.717, 1.165) is 89.3 Å². The fraction of sp³-hybridized carbons (Fsp3) is 0.389. The van der Waals surface area contributed by atoms with E-state index in [2.05, 4.69) is 41.8 Å². The van der Waals surface area contributed by atoms with E-state index in [9.17, 15) is 9.59 Å². The first-order valence-corrected chi connectivity index (χ1v) is 16.4. The summed E-state index contributed by atoms with van der Waals surface area (Å²) >= 11 is 0. The molecule has 4 aliphatic rings. The Balaban J connectivity index is 1.08. The molecule has 6 heterocycles. The number of aromatic nitrogens is 4. The number of fused-ring (bicyclic) bond motifs is 4. The van der Waals surface area contributed by atoms with Crippen LogP contribution in [0.2, 0.25) is 0 Å². The standard InChI is InChI=1S/C36H37N7O2/c1-21-29-14-10-26(36(45)42-19-25-9-15-30(42)33(25)37)20-43(29)39-34(21)31-17-24-8-13-28(38-35(24)41(31)18-22-4-5-22)23-6-11-27(12-7-23)40-16-2-3-32(40)44/h6-8,10-14,17,20,22,25,30,33H,2-5,9,15-16,18-19,37H2,1H3/t25?,30?,33-/m1/s1. The van der Waals surface area contributed by atoms with Gasteiger partial charge in [0.1, 0.15) is 11.3 Å². The molecule has 1 aromatic carbocycles. The average Bonchev–Trinajstić information content (AvgIpc) is 3.30. The molecule has 2 amide bonds. The Labute approximate surface area is 261 Å². The smallest absolute Gasteiger partial charge is 0.255 e. The van der Waals surface area contributed by atoms with Crippen molar-refractivity contribution in [2.24, 2.45) is 17.6 Å². The SMILES string of the molecule is Cc1c(-c2cc3ccc(-c4ccc(N5CCCC5=O)cc4)nc3n2CC2CC2)nn2cc(C(=O)N3CC4CCC3[C@@H]4N)ccc12. The van der Waals surface area contributed by atoms with Gasteiger partial charge in [-0.05, 0) is 93.3 Å². The lowest BCUT2D eigenvalue weighted by Crippen LogP contribution is -2.41. The number of likely N-dealkylation sites (tertiary alicyclic amines) is 1. The summed E-state index contributed by atoms with van der Waals surface area (Å²) in [5, 5.41) is 6.16. The van der Waals surface area contributed by atoms with Crippen molar-refractivity contribution in [1.29, 1.82) is 0 Å². The Hall–Kier alpha value is -4.50. The number of rotatable bonds is 6. The van der Waals surface area contributed by atoms with Crippen LogP contribution in [-0.4, -0.2) is 61.1 Å². The summed E-state index contributed by atoms with van der Waals surface area (Å²) in [7, 11) is 0. The molecular weight excluding hydrogens is 562 g/mol. The van der Waals surface area contributed by atoms with E-state index < -0.39 is 0 Å². The molecule has 2 aliphatic heterocycles. The van der Waals surface area contributed by atoms with Gasteiger partial charge in [0, 0.05) is 66.5 Å². The monoisotopic (exact) mass is 599 g/mol. The second-order valence-corrected chi connectivity index (χ2v) is 13.5. The molecule has 2 bridgehead atoms. The lowest BCUT2D eigenvalue weighted by atomic mass is 10.1. The summed E-state index contributed by atoms with van der Waals surface area (Å²) < 4.78 is 4.22. The predicted molar refractivity (Wildman–Crippen MR) is 174 cm³/mol. The lowest BCUT2D eigenvalue weighted by molar-refractivity contribution is -0.117. The summed E-state index contributed by atoms with van der Waals surface area (Å²) in [6.07, 6.45) is 8.00. The van der Waals surface area contributed by atoms with Crippen LogP contribution in [0.4, 0.5) is 5.69 Å². The molecule has 4 fully saturated rings. The maximum absolute atomic E-state index is 13.5. The van der Waals surface area contributed by atoms with Crippen LogP contribution in [0.5, 0.6) is 0 Å². The first-order chi connectivity index (χ1) is 21.9. The Morgan fingerprint density at radius 2 is 1.87 bits per heavy atom. The molecule has 2 saturated heterocycles. The van der Waals surface area contributed by atoms with Crippen molar-refractivity contribution < 1.29 is 9.59 Å². The van der Waals surface area contributed by atoms with E-state index >= 15 is 0 Å². The van der Waals surface area contributed by atoms with Crippen LogP contribution >= 0.6 is 0 Å². The highest BCUT2D eigenvalue weighted by Gasteiger charge is 2.47. The zero-order valence-electron chi connectivity index (χ0n) is 25.5. The minimum absolute atomic E-state index is 0.0499. The number of hydrogen-bond donors (Lipinski definition) is 1. The number of anilines is 1. The predicted octanol–water partition coefficient (Wildman–Crippen LogP) is 5.42. The zero-order chi connectivity index (χ0) is 30.4. The number of carbonyl (C=O) groups is 2. The Morgan fingerprint density at radius 3 is 2.58 bits per heavy atom. The first kappa shape index (κ1) is 26.9. The van der Waals surface area contributed by atoms with Crippen molar-refractivity contribution in [2.75, 3.05) is 18.0 Å². The second-order valence-electron chi connectivity index (χ2n) is 13.5. The number of carbonyl (C=O) groups excluding carboxylic acids is 2. The van der Waals surface area contributed by atoms with Gasteiger partial charge in [0.15, 0.2) is 0 Å². The third-order valence-electron chi connectivity index (χ3n) is 10.7. The molecule has 5 aromatic rings. The van der Waals surface area contributed by atoms with E-state index in [4.69, 9.17) is 15.8 Å². The molecule has 0 radical (unpaired) electrons. The van der Waals surface area contributed by atoms with Gasteiger partial charge < -0.3 is 20.1 Å². The van der Waals surface area contributed by atoms with Gasteiger partial charge in [0.25, 0.3) is 5.91 Å². The summed E-state index contributed by atoms with van der Waals surface area (Å²) in [6, 6.07) is 18.8. The van der Waals surface area contributed by atoms with Gasteiger partial charge in [-0.1, -0.05) is 12.1 Å². The van der Waals surface area contributed by atoms with Crippen molar-refractivity contribution in [3.63, 3.8) is 0 Å². The summed E-state index contributed by atoms with van der Waals surface area (Å²) in [6.45, 7) is 4.56. The van der Waals surface area contributed by atoms with Crippen molar-refractivity contribution in [3.8, 4) is 22.6 Å². The highest BCUT2D eigenvalue weighted by atomic mass is 16.2. The van der Waals surface area contributed by atoms with Gasteiger partial charge in [0.2, 0.25) is 5.91 Å². The van der Waals surface area contributed by atoms with Crippen molar-refractivity contribution >= 4 is 34.1 Å². The van der Waals surface area contributed by atoms with E-state index in [1.54, 1.807) is 0 Å². The largest absolute Gasteiger partial charge is 0.334 e. The van der Waals surface area contributed by atoms with E-state index in [-0.39, 0.29) is 23.9 Å². The number of amides is 2. The third kappa shape index (κ3) is 4.31. The molecule has 4 aromatic heterocycles. The van der Waals surface area contributed by atoms with Crippen LogP contribution in [0, 0.1) is 18.8 Å². The molecule has 2 N–H and O–H groups in total. The minimum Gasteiger partial charge on any atom is -0.334 e. The van der Waals surface area contributed by atoms with Crippen LogP contribution in [0.3, 0.4) is 0 Å². The fourth-order valence-corrected chi connectivity index (χ4v) is 7.95. The zero-order valence-corrected chi connectivity index (χ0v) is 25.5. The van der Waals surface area contributed by atoms with Gasteiger partial charge in [-0.25, -0.2) is 9.50 Å². The lowest BCUT2D eigenvalue weighted by Gasteiger charge is -2.27. The molecule has 228 valence electrons. The maximum atomic E-state index is 13.5. The normalized spacial score (nSPS) is 22.9. The van der Waals surface area contributed by atoms with Crippen molar-refractivity contribution in [2.45, 2.75) is 64.1 Å². The summed E-state index contributed by atoms with van der Waals surface area (Å²) in [5.74, 6) is 1.31. The van der Waals surface area contributed by atoms with Gasteiger partial charge in [-0.3, -0.25) is 9.59 Å². The fourth-order valence-electron chi connectivity index (χ4n) is 7.95. The number of nitrogens with zero attached hydrogens (tertiary/aromatic N) is 6. The highest BCUT2D eigenvalue weighted by molar-refractivity contribution is 5.96. The number of pyridine rings is 2. The topological polar surface area (TPSA) is 102 Å². The summed E-state index contributed by atoms with van der Waals surface area (Å²) in [4.78, 5) is 34.8. The number of aryl methyl sites for hydroxylation is 1. The molecular formula is C36H37N7O2. The Bertz CT molecular complexity index is 2000. The Kier molecular flexibility index (Phi) is 5.97. The molecule has 9 heteroatoms. The van der Waals surface area contributed by atoms with Crippen LogP contribution < -0.4 is 10.6 Å². The number of nitrogens with two attached hydrogens (primary N) is 1. The summed E-state index contributed by atoms with van der Waals surface area (Å²) in [5.41, 5.74) is 15.0. The molecule has 9 nitrogen and oxygen atoms in total. The van der Waals surface area contributed by atoms with Crippen molar-refractivity contribution in [1.82, 2.24) is 24.1 Å². The molecule has 2 saturated carbocycles. The molecule has 2 unspecified atom stereocenters. The van der Waals surface area contributed by atoms with Crippen LogP contribution in [0.15, 0.2) is 60.8 Å². The second kappa shape index (κ2) is 10.0. The maximum Gasteiger partial charge on any atom is 0.255 e. The molecule has 45 heavy (non-hydrogen) atoms. The van der Waals surface area contributed by atoms with E-state index in [1.807, 2.05) is 44.8 Å². The van der Waals surface area contributed by atoms with Gasteiger partial charge in [-0.2, -0.15) is 5.10 Å². The Morgan fingerprint density at radius 1 is 1.02 bits per heavy atom. The minimum atomic E-state index is 0.0499. The van der Waals surface area contributed by atoms with Crippen LogP contribution in [-0.2, 0) is 11.3 Å². The molecule has 9 rings (SSSR count). The number of hydrogen-bond acceptors (Lipinski definition) is 5.